The number of nitrogens with one attached hydrogen (secondary N) is 2. The van der Waals surface area contributed by atoms with Crippen molar-refractivity contribution in [3.05, 3.63) is 101 Å². The number of rotatable bonds is 5. The van der Waals surface area contributed by atoms with Gasteiger partial charge in [0.25, 0.3) is 11.8 Å². The predicted molar refractivity (Wildman–Crippen MR) is 126 cm³/mol. The Hall–Kier alpha value is -3.73. The summed E-state index contributed by atoms with van der Waals surface area (Å²) in [6.45, 7) is 8.38. The van der Waals surface area contributed by atoms with E-state index in [1.165, 1.54) is 5.56 Å². The van der Waals surface area contributed by atoms with Crippen molar-refractivity contribution in [3.8, 4) is 0 Å². The number of hydrogen-bond donors (Lipinski definition) is 2. The molecular weight excluding hydrogens is 386 g/mol. The van der Waals surface area contributed by atoms with E-state index in [0.29, 0.717) is 16.8 Å². The number of aryl methyl sites for hydroxylation is 1. The Morgan fingerprint density at radius 3 is 2.00 bits per heavy atom. The van der Waals surface area contributed by atoms with Crippen molar-refractivity contribution in [2.75, 3.05) is 5.32 Å². The smallest absolute Gasteiger partial charge is 0.271 e. The van der Waals surface area contributed by atoms with Crippen molar-refractivity contribution in [2.45, 2.75) is 33.1 Å². The van der Waals surface area contributed by atoms with Crippen LogP contribution in [0.25, 0.3) is 0 Å². The number of carbonyl (C=O) groups excluding carboxylic acids is 2. The van der Waals surface area contributed by atoms with Gasteiger partial charge in [0.1, 0.15) is 0 Å². The van der Waals surface area contributed by atoms with Crippen LogP contribution in [0.4, 0.5) is 5.69 Å². The van der Waals surface area contributed by atoms with Crippen LogP contribution in [0.1, 0.15) is 58.2 Å². The van der Waals surface area contributed by atoms with Gasteiger partial charge >= 0.3 is 0 Å². The zero-order valence-electron chi connectivity index (χ0n) is 18.3. The molecule has 0 radical (unpaired) electrons. The third-order valence-electron chi connectivity index (χ3n) is 4.98. The maximum atomic E-state index is 12.5. The van der Waals surface area contributed by atoms with Gasteiger partial charge in [0, 0.05) is 16.8 Å². The summed E-state index contributed by atoms with van der Waals surface area (Å²) in [5.74, 6) is -0.513. The molecule has 0 atom stereocenters. The average Bonchev–Trinajstić information content (AvgIpc) is 2.75. The van der Waals surface area contributed by atoms with E-state index in [9.17, 15) is 9.59 Å². The van der Waals surface area contributed by atoms with Crippen LogP contribution in [0.5, 0.6) is 0 Å². The third kappa shape index (κ3) is 5.89. The molecule has 0 aliphatic carbocycles. The van der Waals surface area contributed by atoms with Gasteiger partial charge in [0.2, 0.25) is 0 Å². The van der Waals surface area contributed by atoms with Crippen LogP contribution < -0.4 is 10.7 Å². The van der Waals surface area contributed by atoms with Gasteiger partial charge < -0.3 is 5.32 Å². The van der Waals surface area contributed by atoms with Gasteiger partial charge in [-0.3, -0.25) is 9.59 Å². The Bertz CT molecular complexity index is 1090. The average molecular weight is 414 g/mol. The van der Waals surface area contributed by atoms with E-state index in [1.54, 1.807) is 30.5 Å². The molecule has 5 nitrogen and oxygen atoms in total. The van der Waals surface area contributed by atoms with E-state index >= 15 is 0 Å². The van der Waals surface area contributed by atoms with E-state index in [0.717, 1.165) is 11.1 Å². The first-order valence-electron chi connectivity index (χ1n) is 10.1. The summed E-state index contributed by atoms with van der Waals surface area (Å²) in [4.78, 5) is 24.8. The molecule has 3 aromatic rings. The predicted octanol–water partition coefficient (Wildman–Crippen LogP) is 5.31. The topological polar surface area (TPSA) is 70.6 Å². The summed E-state index contributed by atoms with van der Waals surface area (Å²) in [7, 11) is 0. The van der Waals surface area contributed by atoms with Crippen LogP contribution in [0.2, 0.25) is 0 Å². The number of amides is 2. The highest BCUT2D eigenvalue weighted by atomic mass is 16.2. The molecule has 0 aliphatic heterocycles. The maximum absolute atomic E-state index is 12.5. The normalized spacial score (nSPS) is 11.4. The number of hydrazone groups is 1. The monoisotopic (exact) mass is 413 g/mol. The van der Waals surface area contributed by atoms with Gasteiger partial charge in [-0.05, 0) is 65.4 Å². The summed E-state index contributed by atoms with van der Waals surface area (Å²) in [6.07, 6.45) is 1.62. The van der Waals surface area contributed by atoms with Crippen LogP contribution in [-0.2, 0) is 5.41 Å². The molecular formula is C26H27N3O2. The SMILES string of the molecule is Cc1ccccc1/C=N/NC(=O)c1ccc(NC(=O)c2ccc(C(C)(C)C)cc2)cc1. The molecule has 2 amide bonds. The fourth-order valence-electron chi connectivity index (χ4n) is 2.99. The molecule has 3 aromatic carbocycles. The molecule has 0 heterocycles. The minimum atomic E-state index is -0.319. The van der Waals surface area contributed by atoms with Gasteiger partial charge in [-0.1, -0.05) is 57.2 Å². The van der Waals surface area contributed by atoms with Crippen molar-refractivity contribution < 1.29 is 9.59 Å². The number of hydrogen-bond acceptors (Lipinski definition) is 3. The fraction of sp³-hybridized carbons (Fsp3) is 0.192. The van der Waals surface area contributed by atoms with Gasteiger partial charge in [-0.2, -0.15) is 5.10 Å². The minimum absolute atomic E-state index is 0.0371. The molecule has 0 bridgehead atoms. The largest absolute Gasteiger partial charge is 0.322 e. The lowest BCUT2D eigenvalue weighted by Gasteiger charge is -2.19. The van der Waals surface area contributed by atoms with Crippen molar-refractivity contribution in [2.24, 2.45) is 5.10 Å². The highest BCUT2D eigenvalue weighted by Crippen LogP contribution is 2.22. The Morgan fingerprint density at radius 1 is 0.806 bits per heavy atom. The molecule has 0 aliphatic rings. The zero-order chi connectivity index (χ0) is 22.4. The van der Waals surface area contributed by atoms with Crippen LogP contribution in [-0.4, -0.2) is 18.0 Å². The first-order valence-corrected chi connectivity index (χ1v) is 10.1. The Labute approximate surface area is 183 Å². The van der Waals surface area contributed by atoms with Gasteiger partial charge in [-0.15, -0.1) is 0 Å². The van der Waals surface area contributed by atoms with E-state index in [4.69, 9.17) is 0 Å². The lowest BCUT2D eigenvalue weighted by Crippen LogP contribution is -2.18. The molecule has 0 saturated carbocycles. The lowest BCUT2D eigenvalue weighted by molar-refractivity contribution is 0.0954. The number of anilines is 1. The van der Waals surface area contributed by atoms with Crippen LogP contribution in [0, 0.1) is 6.92 Å². The van der Waals surface area contributed by atoms with Crippen LogP contribution >= 0.6 is 0 Å². The molecule has 3 rings (SSSR count). The van der Waals surface area contributed by atoms with Gasteiger partial charge in [0.05, 0.1) is 6.21 Å². The first kappa shape index (κ1) is 22.0. The summed E-state index contributed by atoms with van der Waals surface area (Å²) in [5.41, 5.74) is 7.40. The van der Waals surface area contributed by atoms with Crippen molar-refractivity contribution in [3.63, 3.8) is 0 Å². The second-order valence-electron chi connectivity index (χ2n) is 8.41. The van der Waals surface area contributed by atoms with Crippen molar-refractivity contribution >= 4 is 23.7 Å². The highest BCUT2D eigenvalue weighted by molar-refractivity contribution is 6.04. The Kier molecular flexibility index (Phi) is 6.65. The van der Waals surface area contributed by atoms with E-state index in [2.05, 4.69) is 36.6 Å². The van der Waals surface area contributed by atoms with Crippen LogP contribution in [0.3, 0.4) is 0 Å². The number of nitrogens with zero attached hydrogens (tertiary/aromatic N) is 1. The summed E-state index contributed by atoms with van der Waals surface area (Å²) >= 11 is 0. The van der Waals surface area contributed by atoms with Gasteiger partial charge in [0.15, 0.2) is 0 Å². The molecule has 0 fully saturated rings. The van der Waals surface area contributed by atoms with Crippen molar-refractivity contribution in [1.82, 2.24) is 5.43 Å². The summed E-state index contributed by atoms with van der Waals surface area (Å²) in [6, 6.07) is 22.1. The Balaban J connectivity index is 1.58. The molecule has 0 unspecified atom stereocenters. The number of carbonyl (C=O) groups is 2. The second kappa shape index (κ2) is 9.39. The van der Waals surface area contributed by atoms with E-state index in [-0.39, 0.29) is 17.2 Å². The summed E-state index contributed by atoms with van der Waals surface area (Å²) < 4.78 is 0. The third-order valence-corrected chi connectivity index (χ3v) is 4.98. The van der Waals surface area contributed by atoms with Crippen molar-refractivity contribution in [1.29, 1.82) is 0 Å². The molecule has 0 saturated heterocycles. The molecule has 5 heteroatoms. The molecule has 31 heavy (non-hydrogen) atoms. The molecule has 0 aromatic heterocycles. The lowest BCUT2D eigenvalue weighted by atomic mass is 9.87. The first-order chi connectivity index (χ1) is 14.7. The zero-order valence-corrected chi connectivity index (χ0v) is 18.3. The van der Waals surface area contributed by atoms with E-state index < -0.39 is 0 Å². The highest BCUT2D eigenvalue weighted by Gasteiger charge is 2.14. The van der Waals surface area contributed by atoms with Crippen LogP contribution in [0.15, 0.2) is 77.9 Å². The standard InChI is InChI=1S/C26H27N3O2/c1-18-7-5-6-8-21(18)17-27-29-25(31)20-11-15-23(16-12-20)28-24(30)19-9-13-22(14-10-19)26(2,3)4/h5-17H,1-4H3,(H,28,30)(H,29,31)/b27-17+. The number of benzene rings is 3. The second-order valence-corrected chi connectivity index (χ2v) is 8.41. The van der Waals surface area contributed by atoms with E-state index in [1.807, 2.05) is 55.5 Å². The Morgan fingerprint density at radius 2 is 1.39 bits per heavy atom. The quantitative estimate of drug-likeness (QED) is 0.440. The summed E-state index contributed by atoms with van der Waals surface area (Å²) in [5, 5.41) is 6.87. The maximum Gasteiger partial charge on any atom is 0.271 e. The molecule has 2 N–H and O–H groups in total. The molecule has 0 spiro atoms. The molecule has 158 valence electrons. The fourth-order valence-corrected chi connectivity index (χ4v) is 2.99. The van der Waals surface area contributed by atoms with Gasteiger partial charge in [-0.25, -0.2) is 5.43 Å². The minimum Gasteiger partial charge on any atom is -0.322 e.